The van der Waals surface area contributed by atoms with E-state index in [0.29, 0.717) is 32.0 Å². The predicted molar refractivity (Wildman–Crippen MR) is 111 cm³/mol. The number of hydrogen-bond donors (Lipinski definition) is 2. The molecule has 0 bridgehead atoms. The Kier molecular flexibility index (Phi) is 6.15. The molecule has 146 valence electrons. The first-order chi connectivity index (χ1) is 13.4. The molecule has 0 radical (unpaired) electrons. The average Bonchev–Trinajstić information content (AvgIpc) is 3.24. The maximum atomic E-state index is 12.9. The van der Waals surface area contributed by atoms with Gasteiger partial charge in [-0.3, -0.25) is 4.79 Å². The Labute approximate surface area is 170 Å². The number of methoxy groups -OCH3 is 1. The monoisotopic (exact) mass is 416 g/mol. The maximum absolute atomic E-state index is 12.9. The molecule has 3 aromatic rings. The van der Waals surface area contributed by atoms with E-state index in [4.69, 9.17) is 4.74 Å². The van der Waals surface area contributed by atoms with Crippen molar-refractivity contribution in [2.75, 3.05) is 12.4 Å². The lowest BCUT2D eigenvalue weighted by Gasteiger charge is -2.07. The second-order valence-corrected chi connectivity index (χ2v) is 8.67. The van der Waals surface area contributed by atoms with E-state index in [1.807, 2.05) is 37.3 Å². The minimum absolute atomic E-state index is 0.103. The summed E-state index contributed by atoms with van der Waals surface area (Å²) in [4.78, 5) is 27.8. The van der Waals surface area contributed by atoms with E-state index in [-0.39, 0.29) is 11.0 Å². The summed E-state index contributed by atoms with van der Waals surface area (Å²) in [6, 6.07) is 9.69. The summed E-state index contributed by atoms with van der Waals surface area (Å²) in [5.41, 5.74) is 2.98. The molecule has 1 unspecified atom stereocenters. The van der Waals surface area contributed by atoms with Crippen molar-refractivity contribution in [3.8, 4) is 0 Å². The smallest absolute Gasteiger partial charge is 0.339 e. The summed E-state index contributed by atoms with van der Waals surface area (Å²) in [7, 11) is 1.32. The number of thioether (sulfide) groups is 1. The summed E-state index contributed by atoms with van der Waals surface area (Å²) < 4.78 is 5.49. The number of ether oxygens (including phenoxy) is 1. The third-order valence-corrected chi connectivity index (χ3v) is 6.17. The summed E-state index contributed by atoms with van der Waals surface area (Å²) in [5.74, 6) is -0.556. The highest BCUT2D eigenvalue weighted by molar-refractivity contribution is 8.02. The van der Waals surface area contributed by atoms with Crippen LogP contribution in [0.2, 0.25) is 0 Å². The van der Waals surface area contributed by atoms with Crippen LogP contribution in [-0.2, 0) is 4.74 Å². The highest BCUT2D eigenvalue weighted by Crippen LogP contribution is 2.32. The van der Waals surface area contributed by atoms with Crippen LogP contribution in [0.4, 0.5) is 10.8 Å². The number of Topliss-reactive ketones (excluding diaryl/α,β-unsaturated/α-hetero) is 1. The Morgan fingerprint density at radius 1 is 1.21 bits per heavy atom. The fourth-order valence-corrected chi connectivity index (χ4v) is 4.74. The molecule has 28 heavy (non-hydrogen) atoms. The van der Waals surface area contributed by atoms with Gasteiger partial charge >= 0.3 is 5.97 Å². The number of benzene rings is 1. The summed E-state index contributed by atoms with van der Waals surface area (Å²) in [6.07, 6.45) is 0. The van der Waals surface area contributed by atoms with Crippen LogP contribution < -0.4 is 5.32 Å². The van der Waals surface area contributed by atoms with Crippen LogP contribution in [0, 0.1) is 13.8 Å². The molecule has 0 aliphatic carbocycles. The van der Waals surface area contributed by atoms with E-state index in [9.17, 15) is 9.59 Å². The molecule has 0 aliphatic heterocycles. The molecule has 0 amide bonds. The molecular weight excluding hydrogens is 396 g/mol. The second-order valence-electron chi connectivity index (χ2n) is 6.11. The van der Waals surface area contributed by atoms with Gasteiger partial charge in [0.25, 0.3) is 0 Å². The normalized spacial score (nSPS) is 11.9. The van der Waals surface area contributed by atoms with Crippen molar-refractivity contribution in [1.29, 1.82) is 0 Å². The standard InChI is InChI=1S/C19H20N4O3S2/c1-10-14(17(25)26-4)11(2)20-15(10)16(24)12(3)27-19-23-22-18(28-19)21-13-8-6-5-7-9-13/h5-9,12,20H,1-4H3,(H,21,22). The predicted octanol–water partition coefficient (Wildman–Crippen LogP) is 4.38. The number of nitrogens with zero attached hydrogens (tertiary/aromatic N) is 2. The first-order valence-electron chi connectivity index (χ1n) is 8.54. The number of carbonyl (C=O) groups is 2. The van der Waals surface area contributed by atoms with E-state index >= 15 is 0 Å². The van der Waals surface area contributed by atoms with Crippen molar-refractivity contribution in [2.24, 2.45) is 0 Å². The van der Waals surface area contributed by atoms with Crippen LogP contribution in [0.5, 0.6) is 0 Å². The quantitative estimate of drug-likeness (QED) is 0.335. The molecule has 0 aliphatic rings. The molecule has 9 heteroatoms. The van der Waals surface area contributed by atoms with Crippen LogP contribution in [0.15, 0.2) is 34.7 Å². The Hall–Kier alpha value is -2.65. The molecule has 7 nitrogen and oxygen atoms in total. The van der Waals surface area contributed by atoms with Gasteiger partial charge in [0.1, 0.15) is 0 Å². The Morgan fingerprint density at radius 3 is 2.61 bits per heavy atom. The summed E-state index contributed by atoms with van der Waals surface area (Å²) in [6.45, 7) is 5.31. The molecule has 2 heterocycles. The molecule has 0 spiro atoms. The van der Waals surface area contributed by atoms with E-state index in [2.05, 4.69) is 20.5 Å². The van der Waals surface area contributed by atoms with Gasteiger partial charge in [-0.05, 0) is 38.5 Å². The minimum Gasteiger partial charge on any atom is -0.465 e. The molecule has 1 atom stereocenters. The molecule has 1 aromatic carbocycles. The van der Waals surface area contributed by atoms with Crippen molar-refractivity contribution >= 4 is 45.7 Å². The zero-order valence-corrected chi connectivity index (χ0v) is 17.5. The van der Waals surface area contributed by atoms with Gasteiger partial charge in [0.05, 0.1) is 23.6 Å². The number of aromatic amines is 1. The third kappa shape index (κ3) is 4.26. The van der Waals surface area contributed by atoms with Gasteiger partial charge in [-0.2, -0.15) is 0 Å². The zero-order valence-electron chi connectivity index (χ0n) is 15.9. The number of aryl methyl sites for hydroxylation is 1. The van der Waals surface area contributed by atoms with Gasteiger partial charge in [-0.1, -0.05) is 41.3 Å². The van der Waals surface area contributed by atoms with Crippen molar-refractivity contribution in [1.82, 2.24) is 15.2 Å². The van der Waals surface area contributed by atoms with E-state index in [1.54, 1.807) is 13.8 Å². The van der Waals surface area contributed by atoms with Crippen molar-refractivity contribution in [3.63, 3.8) is 0 Å². The van der Waals surface area contributed by atoms with Crippen LogP contribution in [0.3, 0.4) is 0 Å². The first-order valence-corrected chi connectivity index (χ1v) is 10.2. The first kappa shape index (κ1) is 20.1. The molecule has 2 aromatic heterocycles. The van der Waals surface area contributed by atoms with E-state index in [1.165, 1.54) is 30.2 Å². The van der Waals surface area contributed by atoms with Crippen LogP contribution in [0.25, 0.3) is 0 Å². The number of para-hydroxylation sites is 1. The number of H-pyrrole nitrogens is 1. The molecule has 2 N–H and O–H groups in total. The number of aromatic nitrogens is 3. The molecule has 0 fully saturated rings. The third-order valence-electron chi connectivity index (χ3n) is 4.15. The lowest BCUT2D eigenvalue weighted by molar-refractivity contribution is 0.0599. The zero-order chi connectivity index (χ0) is 20.3. The Morgan fingerprint density at radius 2 is 1.93 bits per heavy atom. The van der Waals surface area contributed by atoms with Gasteiger partial charge in [-0.15, -0.1) is 10.2 Å². The molecule has 0 saturated heterocycles. The van der Waals surface area contributed by atoms with Crippen molar-refractivity contribution in [3.05, 3.63) is 52.8 Å². The lowest BCUT2D eigenvalue weighted by atomic mass is 10.1. The van der Waals surface area contributed by atoms with Crippen LogP contribution >= 0.6 is 23.1 Å². The Balaban J connectivity index is 1.71. The molecule has 3 rings (SSSR count). The number of nitrogens with one attached hydrogen (secondary N) is 2. The second kappa shape index (κ2) is 8.57. The summed E-state index contributed by atoms with van der Waals surface area (Å²) >= 11 is 2.72. The van der Waals surface area contributed by atoms with Gasteiger partial charge in [0.2, 0.25) is 5.13 Å². The van der Waals surface area contributed by atoms with Crippen molar-refractivity contribution < 1.29 is 14.3 Å². The van der Waals surface area contributed by atoms with E-state index in [0.717, 1.165) is 5.69 Å². The Bertz CT molecular complexity index is 998. The van der Waals surface area contributed by atoms with E-state index < -0.39 is 5.97 Å². The summed E-state index contributed by atoms with van der Waals surface area (Å²) in [5, 5.41) is 11.7. The highest BCUT2D eigenvalue weighted by Gasteiger charge is 2.26. The highest BCUT2D eigenvalue weighted by atomic mass is 32.2. The lowest BCUT2D eigenvalue weighted by Crippen LogP contribution is -2.15. The largest absolute Gasteiger partial charge is 0.465 e. The SMILES string of the molecule is COC(=O)c1c(C)[nH]c(C(=O)C(C)Sc2nnc(Nc3ccccc3)s2)c1C. The number of ketones is 1. The number of rotatable bonds is 7. The van der Waals surface area contributed by atoms with Gasteiger partial charge < -0.3 is 15.0 Å². The van der Waals surface area contributed by atoms with Crippen LogP contribution in [0.1, 0.15) is 39.0 Å². The number of hydrogen-bond acceptors (Lipinski definition) is 8. The number of esters is 1. The number of anilines is 2. The average molecular weight is 417 g/mol. The fraction of sp³-hybridized carbons (Fsp3) is 0.263. The van der Waals surface area contributed by atoms with Crippen molar-refractivity contribution in [2.45, 2.75) is 30.4 Å². The number of carbonyl (C=O) groups excluding carboxylic acids is 2. The van der Waals surface area contributed by atoms with Gasteiger partial charge in [0.15, 0.2) is 10.1 Å². The maximum Gasteiger partial charge on any atom is 0.339 e. The van der Waals surface area contributed by atoms with Gasteiger partial charge in [-0.25, -0.2) is 4.79 Å². The van der Waals surface area contributed by atoms with Crippen LogP contribution in [-0.4, -0.2) is 39.3 Å². The molecular formula is C19H20N4O3S2. The molecule has 0 saturated carbocycles. The minimum atomic E-state index is -0.452. The topological polar surface area (TPSA) is 97.0 Å². The van der Waals surface area contributed by atoms with Gasteiger partial charge in [0, 0.05) is 11.4 Å². The fourth-order valence-electron chi connectivity index (χ4n) is 2.77.